The Labute approximate surface area is 147 Å². The van der Waals surface area contributed by atoms with Crippen LogP contribution >= 0.6 is 0 Å². The highest BCUT2D eigenvalue weighted by atomic mass is 32.2. The second-order valence-corrected chi connectivity index (χ2v) is 7.97. The number of carbonyl (C=O) groups excluding carboxylic acids is 2. The van der Waals surface area contributed by atoms with Crippen molar-refractivity contribution in [3.05, 3.63) is 65.2 Å². The average Bonchev–Trinajstić information content (AvgIpc) is 2.53. The second-order valence-electron chi connectivity index (χ2n) is 5.83. The standard InChI is InChI=1S/C18H20N2O4S/c1-13(21)16-7-9-17(10-8-16)20-18(22)19-11-14-3-5-15(6-4-14)12-25(2,23)24/h3-10H,11-12H2,1-2H3,(H2,19,20,22). The quantitative estimate of drug-likeness (QED) is 0.775. The maximum atomic E-state index is 11.9. The fourth-order valence-corrected chi connectivity index (χ4v) is 3.00. The van der Waals surface area contributed by atoms with E-state index in [9.17, 15) is 18.0 Å². The van der Waals surface area contributed by atoms with Crippen LogP contribution in [-0.2, 0) is 22.1 Å². The Balaban J connectivity index is 1.86. The number of ketones is 1. The Hall–Kier alpha value is -2.67. The van der Waals surface area contributed by atoms with Crippen molar-refractivity contribution in [3.63, 3.8) is 0 Å². The topological polar surface area (TPSA) is 92.3 Å². The Bertz CT molecular complexity index is 857. The minimum atomic E-state index is -3.06. The summed E-state index contributed by atoms with van der Waals surface area (Å²) in [5.41, 5.74) is 2.74. The van der Waals surface area contributed by atoms with Gasteiger partial charge in [0.1, 0.15) is 0 Å². The van der Waals surface area contributed by atoms with Crippen LogP contribution in [0.5, 0.6) is 0 Å². The fraction of sp³-hybridized carbons (Fsp3) is 0.222. The molecule has 0 aliphatic carbocycles. The number of anilines is 1. The summed E-state index contributed by atoms with van der Waals surface area (Å²) in [5.74, 6) is -0.0346. The number of nitrogens with one attached hydrogen (secondary N) is 2. The minimum absolute atomic E-state index is 0.00253. The van der Waals surface area contributed by atoms with Crippen molar-refractivity contribution in [3.8, 4) is 0 Å². The van der Waals surface area contributed by atoms with Crippen LogP contribution in [0.25, 0.3) is 0 Å². The number of hydrogen-bond donors (Lipinski definition) is 2. The molecule has 2 N–H and O–H groups in total. The zero-order valence-corrected chi connectivity index (χ0v) is 14.9. The molecule has 0 aliphatic rings. The zero-order chi connectivity index (χ0) is 18.4. The smallest absolute Gasteiger partial charge is 0.319 e. The second kappa shape index (κ2) is 7.94. The lowest BCUT2D eigenvalue weighted by molar-refractivity contribution is 0.101. The van der Waals surface area contributed by atoms with Crippen LogP contribution in [0.3, 0.4) is 0 Å². The maximum absolute atomic E-state index is 11.9. The fourth-order valence-electron chi connectivity index (χ4n) is 2.20. The summed E-state index contributed by atoms with van der Waals surface area (Å²) in [6, 6.07) is 13.3. The van der Waals surface area contributed by atoms with Crippen LogP contribution in [-0.4, -0.2) is 26.5 Å². The third-order valence-electron chi connectivity index (χ3n) is 3.45. The van der Waals surface area contributed by atoms with E-state index in [1.807, 2.05) is 0 Å². The van der Waals surface area contributed by atoms with Crippen LogP contribution in [0, 0.1) is 0 Å². The van der Waals surface area contributed by atoms with Crippen LogP contribution in [0.4, 0.5) is 10.5 Å². The van der Waals surface area contributed by atoms with Gasteiger partial charge in [0.15, 0.2) is 15.6 Å². The molecule has 2 aromatic carbocycles. The van der Waals surface area contributed by atoms with E-state index in [-0.39, 0.29) is 17.6 Å². The van der Waals surface area contributed by atoms with Gasteiger partial charge in [-0.15, -0.1) is 0 Å². The molecule has 0 saturated heterocycles. The van der Waals surface area contributed by atoms with E-state index < -0.39 is 9.84 Å². The summed E-state index contributed by atoms with van der Waals surface area (Å²) < 4.78 is 22.5. The molecule has 0 aromatic heterocycles. The molecule has 0 aliphatic heterocycles. The van der Waals surface area contributed by atoms with E-state index in [0.29, 0.717) is 23.4 Å². The zero-order valence-electron chi connectivity index (χ0n) is 14.1. The maximum Gasteiger partial charge on any atom is 0.319 e. The van der Waals surface area contributed by atoms with E-state index in [1.54, 1.807) is 48.5 Å². The van der Waals surface area contributed by atoms with Crippen LogP contribution in [0.2, 0.25) is 0 Å². The molecule has 0 spiro atoms. The molecule has 0 radical (unpaired) electrons. The molecule has 0 heterocycles. The Morgan fingerprint density at radius 3 is 2.00 bits per heavy atom. The largest absolute Gasteiger partial charge is 0.334 e. The molecule has 0 atom stereocenters. The van der Waals surface area contributed by atoms with Gasteiger partial charge in [0, 0.05) is 24.1 Å². The van der Waals surface area contributed by atoms with Crippen molar-refractivity contribution in [2.45, 2.75) is 19.2 Å². The first-order chi connectivity index (χ1) is 11.7. The lowest BCUT2D eigenvalue weighted by Crippen LogP contribution is -2.28. The number of hydrogen-bond acceptors (Lipinski definition) is 4. The first-order valence-corrected chi connectivity index (χ1v) is 9.70. The summed E-state index contributed by atoms with van der Waals surface area (Å²) in [6.07, 6.45) is 1.19. The number of urea groups is 1. The first kappa shape index (κ1) is 18.7. The molecule has 2 amide bonds. The number of benzene rings is 2. The van der Waals surface area contributed by atoms with Crippen LogP contribution in [0.1, 0.15) is 28.4 Å². The SMILES string of the molecule is CC(=O)c1ccc(NC(=O)NCc2ccc(CS(C)(=O)=O)cc2)cc1. The highest BCUT2D eigenvalue weighted by Crippen LogP contribution is 2.10. The third kappa shape index (κ3) is 6.39. The van der Waals surface area contributed by atoms with Gasteiger partial charge >= 0.3 is 6.03 Å². The van der Waals surface area contributed by atoms with Crippen molar-refractivity contribution in [2.24, 2.45) is 0 Å². The Morgan fingerprint density at radius 1 is 0.920 bits per heavy atom. The number of sulfone groups is 1. The van der Waals surface area contributed by atoms with E-state index in [2.05, 4.69) is 10.6 Å². The van der Waals surface area contributed by atoms with Gasteiger partial charge < -0.3 is 10.6 Å². The molecule has 0 unspecified atom stereocenters. The molecule has 6 nitrogen and oxygen atoms in total. The van der Waals surface area contributed by atoms with Gasteiger partial charge in [-0.1, -0.05) is 24.3 Å². The minimum Gasteiger partial charge on any atom is -0.334 e. The molecule has 7 heteroatoms. The monoisotopic (exact) mass is 360 g/mol. The molecule has 0 fully saturated rings. The number of Topliss-reactive ketones (excluding diaryl/α,β-unsaturated/α-hetero) is 1. The Kier molecular flexibility index (Phi) is 5.93. The van der Waals surface area contributed by atoms with Crippen molar-refractivity contribution in [1.29, 1.82) is 0 Å². The molecular weight excluding hydrogens is 340 g/mol. The molecular formula is C18H20N2O4S. The normalized spacial score (nSPS) is 11.0. The van der Waals surface area contributed by atoms with Crippen LogP contribution < -0.4 is 10.6 Å². The van der Waals surface area contributed by atoms with Gasteiger partial charge in [0.05, 0.1) is 5.75 Å². The predicted molar refractivity (Wildman–Crippen MR) is 97.3 cm³/mol. The number of carbonyl (C=O) groups is 2. The van der Waals surface area contributed by atoms with Crippen molar-refractivity contribution in [1.82, 2.24) is 5.32 Å². The van der Waals surface area contributed by atoms with Crippen LogP contribution in [0.15, 0.2) is 48.5 Å². The van der Waals surface area contributed by atoms with Gasteiger partial charge in [-0.25, -0.2) is 13.2 Å². The molecule has 2 rings (SSSR count). The van der Waals surface area contributed by atoms with Gasteiger partial charge in [-0.05, 0) is 42.3 Å². The highest BCUT2D eigenvalue weighted by Gasteiger charge is 2.06. The lowest BCUT2D eigenvalue weighted by Gasteiger charge is -2.09. The van der Waals surface area contributed by atoms with Crippen molar-refractivity contribution < 1.29 is 18.0 Å². The van der Waals surface area contributed by atoms with E-state index in [1.165, 1.54) is 13.2 Å². The number of amides is 2. The Morgan fingerprint density at radius 2 is 1.48 bits per heavy atom. The van der Waals surface area contributed by atoms with E-state index >= 15 is 0 Å². The molecule has 0 bridgehead atoms. The lowest BCUT2D eigenvalue weighted by atomic mass is 10.1. The van der Waals surface area contributed by atoms with Crippen molar-refractivity contribution >= 4 is 27.3 Å². The first-order valence-electron chi connectivity index (χ1n) is 7.64. The molecule has 132 valence electrons. The van der Waals surface area contributed by atoms with E-state index in [4.69, 9.17) is 0 Å². The van der Waals surface area contributed by atoms with Gasteiger partial charge in [0.2, 0.25) is 0 Å². The third-order valence-corrected chi connectivity index (χ3v) is 4.31. The summed E-state index contributed by atoms with van der Waals surface area (Å²) in [5, 5.41) is 5.40. The predicted octanol–water partition coefficient (Wildman–Crippen LogP) is 2.76. The average molecular weight is 360 g/mol. The van der Waals surface area contributed by atoms with Gasteiger partial charge in [-0.2, -0.15) is 0 Å². The van der Waals surface area contributed by atoms with Crippen molar-refractivity contribution in [2.75, 3.05) is 11.6 Å². The molecule has 25 heavy (non-hydrogen) atoms. The molecule has 0 saturated carbocycles. The van der Waals surface area contributed by atoms with Gasteiger partial charge in [0.25, 0.3) is 0 Å². The summed E-state index contributed by atoms with van der Waals surface area (Å²) >= 11 is 0. The summed E-state index contributed by atoms with van der Waals surface area (Å²) in [7, 11) is -3.06. The highest BCUT2D eigenvalue weighted by molar-refractivity contribution is 7.89. The van der Waals surface area contributed by atoms with E-state index in [0.717, 1.165) is 5.56 Å². The summed E-state index contributed by atoms with van der Waals surface area (Å²) in [4.78, 5) is 23.1. The summed E-state index contributed by atoms with van der Waals surface area (Å²) in [6.45, 7) is 1.80. The van der Waals surface area contributed by atoms with Gasteiger partial charge in [-0.3, -0.25) is 4.79 Å². The molecule has 2 aromatic rings. The number of rotatable bonds is 6.